The van der Waals surface area contributed by atoms with E-state index in [1.165, 1.54) is 0 Å². The molecule has 2 aromatic carbocycles. The third-order valence-electron chi connectivity index (χ3n) is 6.38. The Balaban J connectivity index is 1.25. The molecule has 1 aliphatic rings. The molecule has 8 nitrogen and oxygen atoms in total. The third kappa shape index (κ3) is 6.67. The number of thiophene rings is 1. The van der Waals surface area contributed by atoms with Gasteiger partial charge in [-0.15, -0.1) is 11.3 Å². The highest BCUT2D eigenvalue weighted by Crippen LogP contribution is 2.35. The second kappa shape index (κ2) is 12.6. The van der Waals surface area contributed by atoms with Crippen molar-refractivity contribution in [2.75, 3.05) is 6.61 Å². The molecule has 204 valence electrons. The Labute approximate surface area is 238 Å². The number of aliphatic hydroxyl groups excluding tert-OH is 3. The molecule has 2 aromatic heterocycles. The van der Waals surface area contributed by atoms with Gasteiger partial charge in [0.15, 0.2) is 0 Å². The van der Waals surface area contributed by atoms with Gasteiger partial charge >= 0.3 is 6.16 Å². The molecule has 11 heteroatoms. The van der Waals surface area contributed by atoms with E-state index < -0.39 is 36.7 Å². The van der Waals surface area contributed by atoms with E-state index in [9.17, 15) is 20.1 Å². The van der Waals surface area contributed by atoms with Crippen molar-refractivity contribution in [1.82, 2.24) is 4.98 Å². The number of carbonyl (C=O) groups is 1. The fourth-order valence-electron chi connectivity index (χ4n) is 4.27. The van der Waals surface area contributed by atoms with Crippen molar-refractivity contribution < 1.29 is 34.3 Å². The largest absolute Gasteiger partial charge is 0.508 e. The molecule has 1 aliphatic heterocycles. The molecule has 39 heavy (non-hydrogen) atoms. The van der Waals surface area contributed by atoms with E-state index >= 15 is 0 Å². The Morgan fingerprint density at radius 1 is 1.03 bits per heavy atom. The predicted molar refractivity (Wildman–Crippen MR) is 148 cm³/mol. The average Bonchev–Trinajstić information content (AvgIpc) is 3.65. The second-order valence-electron chi connectivity index (χ2n) is 9.06. The third-order valence-corrected chi connectivity index (χ3v) is 8.47. The lowest BCUT2D eigenvalue weighted by molar-refractivity contribution is -0.232. The summed E-state index contributed by atoms with van der Waals surface area (Å²) >= 11 is 9.68. The number of benzene rings is 2. The minimum absolute atomic E-state index is 0.0269. The first kappa shape index (κ1) is 27.7. The number of hydrogen-bond donors (Lipinski definition) is 3. The van der Waals surface area contributed by atoms with Gasteiger partial charge < -0.3 is 29.5 Å². The summed E-state index contributed by atoms with van der Waals surface area (Å²) in [6.07, 6.45) is -5.14. The van der Waals surface area contributed by atoms with Crippen LogP contribution in [0.3, 0.4) is 0 Å². The van der Waals surface area contributed by atoms with E-state index in [4.69, 9.17) is 25.8 Å². The maximum atomic E-state index is 12.1. The van der Waals surface area contributed by atoms with Crippen LogP contribution in [0.2, 0.25) is 5.02 Å². The van der Waals surface area contributed by atoms with Crippen LogP contribution in [0, 0.1) is 0 Å². The molecule has 0 saturated carbocycles. The van der Waals surface area contributed by atoms with Crippen molar-refractivity contribution in [3.05, 3.63) is 98.3 Å². The van der Waals surface area contributed by atoms with E-state index in [0.29, 0.717) is 17.0 Å². The maximum Gasteiger partial charge on any atom is 0.508 e. The molecule has 3 heterocycles. The van der Waals surface area contributed by atoms with Gasteiger partial charge in [-0.2, -0.15) is 11.3 Å². The van der Waals surface area contributed by atoms with Gasteiger partial charge in [0.25, 0.3) is 0 Å². The van der Waals surface area contributed by atoms with Crippen LogP contribution in [-0.4, -0.2) is 57.5 Å². The van der Waals surface area contributed by atoms with Crippen LogP contribution in [0.15, 0.2) is 71.6 Å². The maximum absolute atomic E-state index is 12.1. The summed E-state index contributed by atoms with van der Waals surface area (Å²) < 4.78 is 16.2. The molecular formula is C28H26ClNO7S2. The van der Waals surface area contributed by atoms with Crippen molar-refractivity contribution in [2.45, 2.75) is 43.5 Å². The number of carbonyl (C=O) groups excluding carboxylic acids is 1. The van der Waals surface area contributed by atoms with Crippen LogP contribution < -0.4 is 0 Å². The first-order chi connectivity index (χ1) is 18.9. The first-order valence-electron chi connectivity index (χ1n) is 12.2. The van der Waals surface area contributed by atoms with Gasteiger partial charge in [0.2, 0.25) is 0 Å². The number of nitrogens with zero attached hydrogens (tertiary/aromatic N) is 1. The zero-order chi connectivity index (χ0) is 27.4. The first-order valence-corrected chi connectivity index (χ1v) is 14.3. The van der Waals surface area contributed by atoms with E-state index in [2.05, 4.69) is 10.4 Å². The molecular weight excluding hydrogens is 562 g/mol. The molecule has 0 amide bonds. The molecule has 1 fully saturated rings. The summed E-state index contributed by atoms with van der Waals surface area (Å²) in [4.78, 5) is 17.7. The van der Waals surface area contributed by atoms with Crippen LogP contribution in [0.25, 0.3) is 10.4 Å². The average molecular weight is 588 g/mol. The molecule has 0 bridgehead atoms. The van der Waals surface area contributed by atoms with Crippen LogP contribution in [0.4, 0.5) is 4.79 Å². The minimum Gasteiger partial charge on any atom is -0.431 e. The molecule has 5 unspecified atom stereocenters. The van der Waals surface area contributed by atoms with Crippen LogP contribution in [-0.2, 0) is 27.2 Å². The monoisotopic (exact) mass is 587 g/mol. The van der Waals surface area contributed by atoms with E-state index in [0.717, 1.165) is 26.6 Å². The Hall–Kier alpha value is -2.83. The fourth-order valence-corrected chi connectivity index (χ4v) is 6.12. The van der Waals surface area contributed by atoms with Crippen molar-refractivity contribution >= 4 is 40.4 Å². The number of aliphatic hydroxyl groups is 3. The number of hydrogen-bond acceptors (Lipinski definition) is 10. The van der Waals surface area contributed by atoms with Gasteiger partial charge in [0.05, 0.1) is 9.88 Å². The molecule has 5 rings (SSSR count). The standard InChI is InChI=1S/C28H26ClNO7S2/c29-20-7-6-17(10-19(20)11-23-30-12-22(39-23)18-8-9-38-15-18)27-26(33)25(32)24(31)21(37-27)14-36-28(34)35-13-16-4-2-1-3-5-16/h1-10,12,15,21,24-27,31-33H,11,13-14H2. The van der Waals surface area contributed by atoms with E-state index in [1.807, 2.05) is 35.8 Å². The quantitative estimate of drug-likeness (QED) is 0.247. The van der Waals surface area contributed by atoms with Crippen molar-refractivity contribution in [2.24, 2.45) is 0 Å². The van der Waals surface area contributed by atoms with Gasteiger partial charge in [0.1, 0.15) is 43.7 Å². The van der Waals surface area contributed by atoms with Gasteiger partial charge in [-0.05, 0) is 39.6 Å². The Morgan fingerprint density at radius 3 is 2.62 bits per heavy atom. The van der Waals surface area contributed by atoms with E-state index in [1.54, 1.807) is 53.0 Å². The molecule has 1 saturated heterocycles. The normalized spacial score (nSPS) is 22.9. The molecule has 0 aliphatic carbocycles. The van der Waals surface area contributed by atoms with Crippen molar-refractivity contribution in [3.63, 3.8) is 0 Å². The number of aromatic nitrogens is 1. The van der Waals surface area contributed by atoms with Crippen molar-refractivity contribution in [1.29, 1.82) is 0 Å². The zero-order valence-electron chi connectivity index (χ0n) is 20.6. The van der Waals surface area contributed by atoms with Crippen LogP contribution >= 0.6 is 34.3 Å². The van der Waals surface area contributed by atoms with Gasteiger partial charge in [0, 0.05) is 23.2 Å². The SMILES string of the molecule is O=C(OCc1ccccc1)OCC1OC(c2ccc(Cl)c(Cc3ncc(-c4ccsc4)s3)c2)C(O)C(O)C1O. The minimum atomic E-state index is -1.52. The lowest BCUT2D eigenvalue weighted by Gasteiger charge is -2.40. The van der Waals surface area contributed by atoms with Crippen LogP contribution in [0.5, 0.6) is 0 Å². The smallest absolute Gasteiger partial charge is 0.431 e. The summed E-state index contributed by atoms with van der Waals surface area (Å²) in [5.41, 5.74) is 3.24. The van der Waals surface area contributed by atoms with Crippen LogP contribution in [0.1, 0.15) is 27.8 Å². The summed E-state index contributed by atoms with van der Waals surface area (Å²) in [5.74, 6) is 0. The Bertz CT molecular complexity index is 1380. The lowest BCUT2D eigenvalue weighted by Crippen LogP contribution is -2.55. The molecule has 4 aromatic rings. The highest BCUT2D eigenvalue weighted by Gasteiger charge is 2.45. The highest BCUT2D eigenvalue weighted by atomic mass is 35.5. The molecule has 0 spiro atoms. The predicted octanol–water partition coefficient (Wildman–Crippen LogP) is 4.99. The summed E-state index contributed by atoms with van der Waals surface area (Å²) in [7, 11) is 0. The van der Waals surface area contributed by atoms with Gasteiger partial charge in [-0.1, -0.05) is 54.1 Å². The fraction of sp³-hybridized carbons (Fsp3) is 0.286. The van der Waals surface area contributed by atoms with Gasteiger partial charge in [-0.25, -0.2) is 9.78 Å². The Morgan fingerprint density at radius 2 is 1.85 bits per heavy atom. The number of halogens is 1. The molecule has 5 atom stereocenters. The number of thiazole rings is 1. The number of rotatable bonds is 8. The summed E-state index contributed by atoms with van der Waals surface area (Å²) in [6, 6.07) is 16.3. The summed E-state index contributed by atoms with van der Waals surface area (Å²) in [5, 5.41) is 37.2. The number of ether oxygens (including phenoxy) is 3. The van der Waals surface area contributed by atoms with Gasteiger partial charge in [-0.3, -0.25) is 0 Å². The lowest BCUT2D eigenvalue weighted by atomic mass is 9.90. The zero-order valence-corrected chi connectivity index (χ0v) is 22.9. The molecule has 0 radical (unpaired) electrons. The second-order valence-corrected chi connectivity index (χ2v) is 11.4. The topological polar surface area (TPSA) is 118 Å². The van der Waals surface area contributed by atoms with E-state index in [-0.39, 0.29) is 13.2 Å². The highest BCUT2D eigenvalue weighted by molar-refractivity contribution is 7.15. The summed E-state index contributed by atoms with van der Waals surface area (Å²) in [6.45, 7) is -0.348. The van der Waals surface area contributed by atoms with Crippen molar-refractivity contribution in [3.8, 4) is 10.4 Å². The Kier molecular flexibility index (Phi) is 8.93. The molecule has 3 N–H and O–H groups in total.